The van der Waals surface area contributed by atoms with E-state index in [2.05, 4.69) is 29.6 Å². The Hall–Kier alpha value is -2.56. The molecule has 33 heavy (non-hydrogen) atoms. The van der Waals surface area contributed by atoms with E-state index >= 15 is 0 Å². The highest BCUT2D eigenvalue weighted by atomic mass is 35.5. The van der Waals surface area contributed by atoms with Gasteiger partial charge in [-0.15, -0.1) is 0 Å². The number of aryl methyl sites for hydroxylation is 1. The minimum absolute atomic E-state index is 0.0764. The number of benzene rings is 3. The predicted molar refractivity (Wildman–Crippen MR) is 137 cm³/mol. The number of hydrogen-bond donors (Lipinski definition) is 1. The first-order valence-corrected chi connectivity index (χ1v) is 12.2. The summed E-state index contributed by atoms with van der Waals surface area (Å²) >= 11 is 12.5. The summed E-state index contributed by atoms with van der Waals surface area (Å²) in [6.45, 7) is 4.75. The van der Waals surface area contributed by atoms with E-state index in [1.807, 2.05) is 38.1 Å². The van der Waals surface area contributed by atoms with E-state index in [1.165, 1.54) is 0 Å². The molecule has 0 unspecified atom stereocenters. The number of rotatable bonds is 10. The molecule has 3 aromatic rings. The van der Waals surface area contributed by atoms with Gasteiger partial charge in [0.25, 0.3) is 0 Å². The van der Waals surface area contributed by atoms with Gasteiger partial charge in [-0.2, -0.15) is 0 Å². The number of carbonyl (C=O) groups is 2. The van der Waals surface area contributed by atoms with E-state index in [1.54, 1.807) is 17.0 Å². The van der Waals surface area contributed by atoms with Crippen LogP contribution in [-0.4, -0.2) is 29.3 Å². The fourth-order valence-corrected chi connectivity index (χ4v) is 4.48. The Kier molecular flexibility index (Phi) is 9.16. The third-order valence-corrected chi connectivity index (χ3v) is 6.37. The standard InChI is InChI=1S/C27H30Cl2N2O2/c1-3-16-30-27(33)25(4-2)31(18-21-12-14-22(28)17-24(21)29)26(32)15-13-20-10-7-9-19-8-5-6-11-23(19)20/h5-12,14,17,25H,3-4,13,15-16,18H2,1-2H3,(H,30,33)/t25-/m1/s1. The number of nitrogens with zero attached hydrogens (tertiary/aromatic N) is 1. The van der Waals surface area contributed by atoms with Crippen molar-refractivity contribution in [2.75, 3.05) is 6.54 Å². The van der Waals surface area contributed by atoms with Gasteiger partial charge in [0.2, 0.25) is 11.8 Å². The first-order chi connectivity index (χ1) is 15.9. The summed E-state index contributed by atoms with van der Waals surface area (Å²) in [5, 5.41) is 6.25. The van der Waals surface area contributed by atoms with Crippen molar-refractivity contribution in [2.45, 2.75) is 52.1 Å². The molecule has 1 atom stereocenters. The van der Waals surface area contributed by atoms with Gasteiger partial charge in [0.1, 0.15) is 6.04 Å². The molecule has 0 aliphatic heterocycles. The van der Waals surface area contributed by atoms with Crippen LogP contribution in [0.25, 0.3) is 10.8 Å². The van der Waals surface area contributed by atoms with Gasteiger partial charge in [-0.3, -0.25) is 9.59 Å². The molecular weight excluding hydrogens is 455 g/mol. The first-order valence-electron chi connectivity index (χ1n) is 11.4. The largest absolute Gasteiger partial charge is 0.354 e. The Morgan fingerprint density at radius 3 is 2.45 bits per heavy atom. The van der Waals surface area contributed by atoms with E-state index in [4.69, 9.17) is 23.2 Å². The zero-order valence-electron chi connectivity index (χ0n) is 19.1. The molecule has 0 aliphatic carbocycles. The minimum atomic E-state index is -0.566. The van der Waals surface area contributed by atoms with E-state index in [-0.39, 0.29) is 18.4 Å². The lowest BCUT2D eigenvalue weighted by Gasteiger charge is -2.31. The second-order valence-electron chi connectivity index (χ2n) is 8.11. The Bertz CT molecular complexity index is 1110. The van der Waals surface area contributed by atoms with Gasteiger partial charge in [0, 0.05) is 29.6 Å². The first kappa shape index (κ1) is 25.1. The molecule has 6 heteroatoms. The second kappa shape index (κ2) is 12.1. The quantitative estimate of drug-likeness (QED) is 0.361. The van der Waals surface area contributed by atoms with Gasteiger partial charge >= 0.3 is 0 Å². The highest BCUT2D eigenvalue weighted by molar-refractivity contribution is 6.35. The van der Waals surface area contributed by atoms with Gasteiger partial charge in [0.15, 0.2) is 0 Å². The monoisotopic (exact) mass is 484 g/mol. The molecular formula is C27H30Cl2N2O2. The maximum atomic E-state index is 13.5. The third-order valence-electron chi connectivity index (χ3n) is 5.78. The molecule has 0 bridgehead atoms. The zero-order chi connectivity index (χ0) is 23.8. The summed E-state index contributed by atoms with van der Waals surface area (Å²) in [5.74, 6) is -0.213. The second-order valence-corrected chi connectivity index (χ2v) is 8.95. The van der Waals surface area contributed by atoms with Gasteiger partial charge in [-0.05, 0) is 53.3 Å². The van der Waals surface area contributed by atoms with E-state index in [0.717, 1.165) is 28.3 Å². The van der Waals surface area contributed by atoms with Gasteiger partial charge in [-0.1, -0.05) is 85.6 Å². The van der Waals surface area contributed by atoms with Crippen LogP contribution in [0.4, 0.5) is 0 Å². The summed E-state index contributed by atoms with van der Waals surface area (Å²) in [6.07, 6.45) is 2.25. The number of carbonyl (C=O) groups excluding carboxylic acids is 2. The lowest BCUT2D eigenvalue weighted by molar-refractivity contribution is -0.141. The number of fused-ring (bicyclic) bond motifs is 1. The number of hydrogen-bond acceptors (Lipinski definition) is 2. The summed E-state index contributed by atoms with van der Waals surface area (Å²) in [5.41, 5.74) is 1.88. The van der Waals surface area contributed by atoms with Crippen molar-refractivity contribution >= 4 is 45.8 Å². The molecule has 2 amide bonds. The molecule has 0 aliphatic rings. The molecule has 3 aromatic carbocycles. The average Bonchev–Trinajstić information content (AvgIpc) is 2.82. The molecule has 4 nitrogen and oxygen atoms in total. The molecule has 1 N–H and O–H groups in total. The molecule has 0 radical (unpaired) electrons. The molecule has 3 rings (SSSR count). The van der Waals surface area contributed by atoms with Crippen LogP contribution < -0.4 is 5.32 Å². The van der Waals surface area contributed by atoms with E-state index in [9.17, 15) is 9.59 Å². The Morgan fingerprint density at radius 2 is 1.73 bits per heavy atom. The molecule has 0 saturated carbocycles. The van der Waals surface area contributed by atoms with Gasteiger partial charge in [0.05, 0.1) is 0 Å². The molecule has 0 heterocycles. The van der Waals surface area contributed by atoms with Crippen molar-refractivity contribution in [3.63, 3.8) is 0 Å². The number of nitrogens with one attached hydrogen (secondary N) is 1. The van der Waals surface area contributed by atoms with Crippen molar-refractivity contribution in [3.8, 4) is 0 Å². The molecule has 0 spiro atoms. The summed E-state index contributed by atoms with van der Waals surface area (Å²) < 4.78 is 0. The van der Waals surface area contributed by atoms with Crippen LogP contribution in [0.1, 0.15) is 44.2 Å². The predicted octanol–water partition coefficient (Wildman–Crippen LogP) is 6.41. The maximum absolute atomic E-state index is 13.5. The van der Waals surface area contributed by atoms with Crippen molar-refractivity contribution in [3.05, 3.63) is 81.8 Å². The lowest BCUT2D eigenvalue weighted by Crippen LogP contribution is -2.49. The van der Waals surface area contributed by atoms with Crippen LogP contribution in [0.3, 0.4) is 0 Å². The fraction of sp³-hybridized carbons (Fsp3) is 0.333. The topological polar surface area (TPSA) is 49.4 Å². The Morgan fingerprint density at radius 1 is 0.970 bits per heavy atom. The average molecular weight is 485 g/mol. The van der Waals surface area contributed by atoms with Crippen LogP contribution in [0.15, 0.2) is 60.7 Å². The minimum Gasteiger partial charge on any atom is -0.354 e. The van der Waals surface area contributed by atoms with Gasteiger partial charge in [-0.25, -0.2) is 0 Å². The van der Waals surface area contributed by atoms with E-state index < -0.39 is 6.04 Å². The molecule has 0 fully saturated rings. The highest BCUT2D eigenvalue weighted by Crippen LogP contribution is 2.25. The lowest BCUT2D eigenvalue weighted by atomic mass is 10.00. The highest BCUT2D eigenvalue weighted by Gasteiger charge is 2.28. The van der Waals surface area contributed by atoms with Crippen LogP contribution in [0.5, 0.6) is 0 Å². The van der Waals surface area contributed by atoms with Crippen LogP contribution in [-0.2, 0) is 22.6 Å². The van der Waals surface area contributed by atoms with Gasteiger partial charge < -0.3 is 10.2 Å². The van der Waals surface area contributed by atoms with Crippen LogP contribution >= 0.6 is 23.2 Å². The molecule has 174 valence electrons. The van der Waals surface area contributed by atoms with Crippen molar-refractivity contribution in [2.24, 2.45) is 0 Å². The van der Waals surface area contributed by atoms with Crippen LogP contribution in [0, 0.1) is 0 Å². The summed E-state index contributed by atoms with van der Waals surface area (Å²) in [6, 6.07) is 19.0. The van der Waals surface area contributed by atoms with E-state index in [0.29, 0.717) is 35.9 Å². The third kappa shape index (κ3) is 6.49. The zero-order valence-corrected chi connectivity index (χ0v) is 20.6. The van der Waals surface area contributed by atoms with Crippen molar-refractivity contribution in [1.29, 1.82) is 0 Å². The Balaban J connectivity index is 1.84. The van der Waals surface area contributed by atoms with Crippen LogP contribution in [0.2, 0.25) is 10.0 Å². The number of amides is 2. The summed E-state index contributed by atoms with van der Waals surface area (Å²) in [4.78, 5) is 28.0. The molecule has 0 aromatic heterocycles. The SMILES string of the molecule is CCCNC(=O)[C@@H](CC)N(Cc1ccc(Cl)cc1Cl)C(=O)CCc1cccc2ccccc12. The Labute approximate surface area is 205 Å². The normalized spacial score (nSPS) is 11.9. The molecule has 0 saturated heterocycles. The number of halogens is 2. The smallest absolute Gasteiger partial charge is 0.242 e. The fourth-order valence-electron chi connectivity index (χ4n) is 4.01. The maximum Gasteiger partial charge on any atom is 0.242 e. The van der Waals surface area contributed by atoms with Crippen molar-refractivity contribution in [1.82, 2.24) is 10.2 Å². The van der Waals surface area contributed by atoms with Crippen molar-refractivity contribution < 1.29 is 9.59 Å². The summed E-state index contributed by atoms with van der Waals surface area (Å²) in [7, 11) is 0.